The summed E-state index contributed by atoms with van der Waals surface area (Å²) in [6.07, 6.45) is 0. The molecule has 0 saturated heterocycles. The lowest BCUT2D eigenvalue weighted by atomic mass is 9.94. The number of hydrogen-bond donors (Lipinski definition) is 0. The Balaban J connectivity index is 1.28. The second-order valence-corrected chi connectivity index (χ2v) is 12.4. The van der Waals surface area contributed by atoms with E-state index in [0.717, 1.165) is 33.6 Å². The SMILES string of the molecule is c1ccc(-c2ccccc2-c2ccc(N(c3ccccc3)c3cc4oc5ccccc5c4c4sc5ccccc5c34)cc2)cc1. The van der Waals surface area contributed by atoms with Crippen LogP contribution >= 0.6 is 11.3 Å². The maximum Gasteiger partial charge on any atom is 0.138 e. The Morgan fingerprint density at radius 1 is 0.444 bits per heavy atom. The number of benzene rings is 7. The second kappa shape index (κ2) is 10.5. The number of furan rings is 1. The van der Waals surface area contributed by atoms with Crippen molar-refractivity contribution in [2.45, 2.75) is 0 Å². The third-order valence-corrected chi connectivity index (χ3v) is 9.86. The van der Waals surface area contributed by atoms with E-state index in [9.17, 15) is 0 Å². The Bertz CT molecular complexity index is 2470. The van der Waals surface area contributed by atoms with E-state index in [0.29, 0.717) is 0 Å². The summed E-state index contributed by atoms with van der Waals surface area (Å²) in [5.74, 6) is 0. The Morgan fingerprint density at radius 2 is 1.02 bits per heavy atom. The van der Waals surface area contributed by atoms with E-state index in [1.807, 2.05) is 17.4 Å². The molecule has 7 aromatic carbocycles. The van der Waals surface area contributed by atoms with E-state index < -0.39 is 0 Å². The molecule has 9 rings (SSSR count). The van der Waals surface area contributed by atoms with Crippen LogP contribution in [0.3, 0.4) is 0 Å². The second-order valence-electron chi connectivity index (χ2n) is 11.3. The van der Waals surface area contributed by atoms with Crippen LogP contribution in [-0.2, 0) is 0 Å². The molecule has 0 fully saturated rings. The van der Waals surface area contributed by atoms with Gasteiger partial charge in [0, 0.05) is 48.4 Å². The summed E-state index contributed by atoms with van der Waals surface area (Å²) in [5.41, 5.74) is 9.97. The van der Waals surface area contributed by atoms with Crippen molar-refractivity contribution >= 4 is 70.5 Å². The van der Waals surface area contributed by atoms with Crippen LogP contribution in [0.2, 0.25) is 0 Å². The first-order valence-corrected chi connectivity index (χ1v) is 16.0. The fourth-order valence-electron chi connectivity index (χ4n) is 6.65. The fraction of sp³-hybridized carbons (Fsp3) is 0. The Morgan fingerprint density at radius 3 is 1.78 bits per heavy atom. The highest BCUT2D eigenvalue weighted by molar-refractivity contribution is 7.27. The minimum atomic E-state index is 0.902. The zero-order valence-electron chi connectivity index (χ0n) is 24.4. The first kappa shape index (κ1) is 25.8. The highest BCUT2D eigenvalue weighted by Gasteiger charge is 2.23. The lowest BCUT2D eigenvalue weighted by molar-refractivity contribution is 0.669. The van der Waals surface area contributed by atoms with Crippen LogP contribution < -0.4 is 4.90 Å². The van der Waals surface area contributed by atoms with Gasteiger partial charge < -0.3 is 9.32 Å². The van der Waals surface area contributed by atoms with Gasteiger partial charge in [-0.3, -0.25) is 0 Å². The molecule has 0 saturated carbocycles. The van der Waals surface area contributed by atoms with Gasteiger partial charge in [0.1, 0.15) is 11.2 Å². The lowest BCUT2D eigenvalue weighted by Crippen LogP contribution is -2.10. The van der Waals surface area contributed by atoms with Gasteiger partial charge in [0.15, 0.2) is 0 Å². The summed E-state index contributed by atoms with van der Waals surface area (Å²) in [6, 6.07) is 58.2. The van der Waals surface area contributed by atoms with Gasteiger partial charge in [0.25, 0.3) is 0 Å². The third-order valence-electron chi connectivity index (χ3n) is 8.67. The van der Waals surface area contributed by atoms with Crippen molar-refractivity contribution in [2.75, 3.05) is 4.90 Å². The molecule has 0 atom stereocenters. The number of rotatable bonds is 5. The Kier molecular flexibility index (Phi) is 6.03. The molecule has 0 N–H and O–H groups in total. The van der Waals surface area contributed by atoms with Crippen LogP contribution in [0.25, 0.3) is 64.4 Å². The number of hydrogen-bond acceptors (Lipinski definition) is 3. The van der Waals surface area contributed by atoms with Crippen molar-refractivity contribution in [3.05, 3.63) is 164 Å². The Hall–Kier alpha value is -5.64. The van der Waals surface area contributed by atoms with Crippen LogP contribution in [0, 0.1) is 0 Å². The van der Waals surface area contributed by atoms with Gasteiger partial charge in [0.2, 0.25) is 0 Å². The average Bonchev–Trinajstić information content (AvgIpc) is 3.68. The Labute approximate surface area is 265 Å². The van der Waals surface area contributed by atoms with Crippen molar-refractivity contribution in [3.63, 3.8) is 0 Å². The van der Waals surface area contributed by atoms with E-state index in [-0.39, 0.29) is 0 Å². The van der Waals surface area contributed by atoms with E-state index in [2.05, 4.69) is 163 Å². The minimum Gasteiger partial charge on any atom is -0.456 e. The normalized spacial score (nSPS) is 11.6. The third kappa shape index (κ3) is 4.24. The van der Waals surface area contributed by atoms with Gasteiger partial charge in [-0.2, -0.15) is 0 Å². The smallest absolute Gasteiger partial charge is 0.138 e. The predicted octanol–water partition coefficient (Wildman–Crippen LogP) is 12.8. The molecule has 0 aliphatic carbocycles. The number of anilines is 3. The number of thiophene rings is 1. The largest absolute Gasteiger partial charge is 0.456 e. The summed E-state index contributed by atoms with van der Waals surface area (Å²) in [6.45, 7) is 0. The average molecular weight is 594 g/mol. The quantitative estimate of drug-likeness (QED) is 0.197. The van der Waals surface area contributed by atoms with Gasteiger partial charge in [-0.05, 0) is 58.7 Å². The van der Waals surface area contributed by atoms with Crippen molar-refractivity contribution < 1.29 is 4.42 Å². The zero-order valence-corrected chi connectivity index (χ0v) is 25.2. The molecule has 0 radical (unpaired) electrons. The van der Waals surface area contributed by atoms with Crippen LogP contribution in [0.4, 0.5) is 17.1 Å². The maximum absolute atomic E-state index is 6.53. The highest BCUT2D eigenvalue weighted by atomic mass is 32.1. The van der Waals surface area contributed by atoms with Crippen molar-refractivity contribution in [3.8, 4) is 22.3 Å². The molecule has 9 aromatic rings. The van der Waals surface area contributed by atoms with E-state index in [1.165, 1.54) is 47.8 Å². The molecule has 2 heterocycles. The summed E-state index contributed by atoms with van der Waals surface area (Å²) < 4.78 is 9.05. The molecular weight excluding hydrogens is 567 g/mol. The minimum absolute atomic E-state index is 0.902. The number of para-hydroxylation sites is 2. The molecule has 0 bridgehead atoms. The van der Waals surface area contributed by atoms with Crippen LogP contribution in [0.5, 0.6) is 0 Å². The molecule has 0 aliphatic rings. The van der Waals surface area contributed by atoms with Crippen molar-refractivity contribution in [2.24, 2.45) is 0 Å². The summed E-state index contributed by atoms with van der Waals surface area (Å²) in [5, 5.41) is 4.85. The predicted molar refractivity (Wildman–Crippen MR) is 192 cm³/mol. The molecule has 0 aliphatic heterocycles. The molecule has 0 amide bonds. The first-order chi connectivity index (χ1) is 22.3. The van der Waals surface area contributed by atoms with Crippen LogP contribution in [-0.4, -0.2) is 0 Å². The highest BCUT2D eigenvalue weighted by Crippen LogP contribution is 2.50. The summed E-state index contributed by atoms with van der Waals surface area (Å²) in [7, 11) is 0. The van der Waals surface area contributed by atoms with E-state index >= 15 is 0 Å². The summed E-state index contributed by atoms with van der Waals surface area (Å²) in [4.78, 5) is 2.38. The molecule has 0 spiro atoms. The van der Waals surface area contributed by atoms with Gasteiger partial charge in [-0.25, -0.2) is 0 Å². The number of nitrogens with zero attached hydrogens (tertiary/aromatic N) is 1. The molecule has 2 nitrogen and oxygen atoms in total. The summed E-state index contributed by atoms with van der Waals surface area (Å²) >= 11 is 1.85. The van der Waals surface area contributed by atoms with E-state index in [4.69, 9.17) is 4.42 Å². The van der Waals surface area contributed by atoms with Gasteiger partial charge in [-0.1, -0.05) is 121 Å². The van der Waals surface area contributed by atoms with Gasteiger partial charge in [0.05, 0.1) is 5.69 Å². The monoisotopic (exact) mass is 593 g/mol. The maximum atomic E-state index is 6.53. The van der Waals surface area contributed by atoms with Gasteiger partial charge in [-0.15, -0.1) is 11.3 Å². The standard InChI is InChI=1S/C42H27NOS/c1-3-13-28(14-4-1)32-17-7-8-18-33(32)29-23-25-31(26-24-29)43(30-15-5-2-6-16-30)36-27-38-41(34-19-9-11-21-37(34)44-38)42-40(36)35-20-10-12-22-39(35)45-42/h1-27H. The molecular formula is C42H27NOS. The zero-order chi connectivity index (χ0) is 29.7. The van der Waals surface area contributed by atoms with E-state index in [1.54, 1.807) is 0 Å². The van der Waals surface area contributed by atoms with Gasteiger partial charge >= 0.3 is 0 Å². The molecule has 3 heteroatoms. The molecule has 45 heavy (non-hydrogen) atoms. The molecule has 2 aromatic heterocycles. The van der Waals surface area contributed by atoms with Crippen molar-refractivity contribution in [1.29, 1.82) is 0 Å². The topological polar surface area (TPSA) is 16.4 Å². The fourth-order valence-corrected chi connectivity index (χ4v) is 7.92. The first-order valence-electron chi connectivity index (χ1n) is 15.2. The van der Waals surface area contributed by atoms with Crippen molar-refractivity contribution in [1.82, 2.24) is 0 Å². The number of fused-ring (bicyclic) bond motifs is 7. The molecule has 0 unspecified atom stereocenters. The van der Waals surface area contributed by atoms with Crippen LogP contribution in [0.15, 0.2) is 168 Å². The molecule has 212 valence electrons. The van der Waals surface area contributed by atoms with Crippen LogP contribution in [0.1, 0.15) is 0 Å². The lowest BCUT2D eigenvalue weighted by Gasteiger charge is -2.27.